The third-order valence-corrected chi connectivity index (χ3v) is 6.20. The zero-order valence-corrected chi connectivity index (χ0v) is 19.0. The van der Waals surface area contributed by atoms with Gasteiger partial charge < -0.3 is 15.0 Å². The minimum absolute atomic E-state index is 0.152. The zero-order chi connectivity index (χ0) is 22.5. The molecule has 4 rings (SSSR count). The van der Waals surface area contributed by atoms with Crippen LogP contribution in [0.3, 0.4) is 0 Å². The van der Waals surface area contributed by atoms with E-state index >= 15 is 0 Å². The summed E-state index contributed by atoms with van der Waals surface area (Å²) in [5.41, 5.74) is 3.14. The van der Waals surface area contributed by atoms with Gasteiger partial charge in [-0.15, -0.1) is 0 Å². The van der Waals surface area contributed by atoms with Crippen LogP contribution in [0.2, 0.25) is 0 Å². The fraction of sp³-hybridized carbons (Fsp3) is 0.320. The van der Waals surface area contributed by atoms with Crippen molar-refractivity contribution in [1.82, 2.24) is 14.9 Å². The number of hydrogen-bond donors (Lipinski definition) is 2. The Kier molecular flexibility index (Phi) is 6.85. The highest BCUT2D eigenvalue weighted by Gasteiger charge is 2.12. The van der Waals surface area contributed by atoms with Crippen molar-refractivity contribution < 1.29 is 9.53 Å². The topological polar surface area (TPSA) is 76.1 Å². The number of amides is 1. The second-order valence-corrected chi connectivity index (χ2v) is 8.39. The van der Waals surface area contributed by atoms with Gasteiger partial charge in [0.2, 0.25) is 0 Å². The standard InChI is InChI=1S/C25H27N3O3S/c1-31-22-10-6-5-9-19(22)16-28-24(30)20-12-11-18(15-21(20)27-25(28)32)23(29)26-14-13-17-7-3-2-4-8-17/h5-7,9-12,15H,2-4,8,13-14,16H2,1H3,(H,26,29)(H,27,32). The Hall–Kier alpha value is -3.19. The molecule has 0 aliphatic heterocycles. The maximum Gasteiger partial charge on any atom is 0.262 e. The maximum absolute atomic E-state index is 13.1. The van der Waals surface area contributed by atoms with Crippen molar-refractivity contribution in [2.45, 2.75) is 38.6 Å². The lowest BCUT2D eigenvalue weighted by Crippen LogP contribution is -2.26. The summed E-state index contributed by atoms with van der Waals surface area (Å²) >= 11 is 5.46. The summed E-state index contributed by atoms with van der Waals surface area (Å²) in [5, 5.41) is 3.46. The number of carbonyl (C=O) groups is 1. The van der Waals surface area contributed by atoms with Crippen LogP contribution in [0.1, 0.15) is 48.0 Å². The number of nitrogens with one attached hydrogen (secondary N) is 2. The average molecular weight is 450 g/mol. The molecule has 1 heterocycles. The smallest absolute Gasteiger partial charge is 0.262 e. The molecule has 1 aliphatic rings. The molecule has 0 radical (unpaired) electrons. The van der Waals surface area contributed by atoms with Gasteiger partial charge in [0, 0.05) is 17.7 Å². The molecule has 7 heteroatoms. The van der Waals surface area contributed by atoms with Crippen molar-refractivity contribution in [3.63, 3.8) is 0 Å². The lowest BCUT2D eigenvalue weighted by molar-refractivity contribution is 0.0954. The highest BCUT2D eigenvalue weighted by molar-refractivity contribution is 7.71. The highest BCUT2D eigenvalue weighted by Crippen LogP contribution is 2.20. The van der Waals surface area contributed by atoms with Gasteiger partial charge in [-0.1, -0.05) is 29.8 Å². The number of fused-ring (bicyclic) bond motifs is 1. The van der Waals surface area contributed by atoms with E-state index in [0.29, 0.717) is 40.1 Å². The molecular weight excluding hydrogens is 422 g/mol. The number of allylic oxidation sites excluding steroid dienone is 1. The Morgan fingerprint density at radius 3 is 2.84 bits per heavy atom. The van der Waals surface area contributed by atoms with Crippen LogP contribution in [0.25, 0.3) is 10.9 Å². The van der Waals surface area contributed by atoms with Crippen LogP contribution in [-0.4, -0.2) is 29.1 Å². The van der Waals surface area contributed by atoms with E-state index in [1.54, 1.807) is 25.3 Å². The number of carbonyl (C=O) groups excluding carboxylic acids is 1. The third-order valence-electron chi connectivity index (χ3n) is 5.88. The van der Waals surface area contributed by atoms with Crippen LogP contribution in [0.15, 0.2) is 58.9 Å². The summed E-state index contributed by atoms with van der Waals surface area (Å²) in [6.07, 6.45) is 7.94. The number of nitrogens with zero attached hydrogens (tertiary/aromatic N) is 1. The molecule has 0 saturated carbocycles. The van der Waals surface area contributed by atoms with Crippen molar-refractivity contribution >= 4 is 29.0 Å². The monoisotopic (exact) mass is 449 g/mol. The quantitative estimate of drug-likeness (QED) is 0.404. The highest BCUT2D eigenvalue weighted by atomic mass is 32.1. The van der Waals surface area contributed by atoms with Crippen LogP contribution < -0.4 is 15.6 Å². The molecule has 1 amide bonds. The van der Waals surface area contributed by atoms with Crippen LogP contribution in [0.5, 0.6) is 5.75 Å². The molecule has 0 atom stereocenters. The molecule has 0 fully saturated rings. The number of para-hydroxylation sites is 1. The predicted octanol–water partition coefficient (Wildman–Crippen LogP) is 4.74. The predicted molar refractivity (Wildman–Crippen MR) is 129 cm³/mol. The van der Waals surface area contributed by atoms with Gasteiger partial charge >= 0.3 is 0 Å². The van der Waals surface area contributed by atoms with Crippen LogP contribution in [-0.2, 0) is 6.54 Å². The molecule has 1 aromatic heterocycles. The number of aromatic amines is 1. The van der Waals surface area contributed by atoms with Gasteiger partial charge in [0.25, 0.3) is 11.5 Å². The number of aromatic nitrogens is 2. The number of rotatable bonds is 7. The van der Waals surface area contributed by atoms with E-state index in [-0.39, 0.29) is 11.5 Å². The second-order valence-electron chi connectivity index (χ2n) is 8.01. The van der Waals surface area contributed by atoms with Crippen LogP contribution in [0, 0.1) is 4.77 Å². The molecule has 0 spiro atoms. The molecule has 2 aromatic carbocycles. The van der Waals surface area contributed by atoms with E-state index < -0.39 is 0 Å². The Balaban J connectivity index is 1.54. The van der Waals surface area contributed by atoms with Crippen LogP contribution in [0.4, 0.5) is 0 Å². The molecule has 0 saturated heterocycles. The SMILES string of the molecule is COc1ccccc1Cn1c(=S)[nH]c2cc(C(=O)NCCC3=CCCCC3)ccc2c1=O. The lowest BCUT2D eigenvalue weighted by Gasteiger charge is -2.13. The molecular formula is C25H27N3O3S. The summed E-state index contributed by atoms with van der Waals surface area (Å²) in [5.74, 6) is 0.547. The Bertz CT molecular complexity index is 1290. The van der Waals surface area contributed by atoms with Gasteiger partial charge in [-0.3, -0.25) is 14.2 Å². The largest absolute Gasteiger partial charge is 0.496 e. The van der Waals surface area contributed by atoms with E-state index in [9.17, 15) is 9.59 Å². The summed E-state index contributed by atoms with van der Waals surface area (Å²) in [6.45, 7) is 0.908. The summed E-state index contributed by atoms with van der Waals surface area (Å²) < 4.78 is 7.20. The van der Waals surface area contributed by atoms with E-state index in [1.165, 1.54) is 23.0 Å². The molecule has 3 aromatic rings. The van der Waals surface area contributed by atoms with Crippen molar-refractivity contribution in [1.29, 1.82) is 0 Å². The number of methoxy groups -OCH3 is 1. The normalized spacial score (nSPS) is 13.6. The molecule has 2 N–H and O–H groups in total. The van der Waals surface area contributed by atoms with E-state index in [4.69, 9.17) is 17.0 Å². The second kappa shape index (κ2) is 9.96. The van der Waals surface area contributed by atoms with E-state index in [1.807, 2.05) is 24.3 Å². The first-order valence-corrected chi connectivity index (χ1v) is 11.3. The van der Waals surface area contributed by atoms with Crippen molar-refractivity contribution in [3.05, 3.63) is 80.4 Å². The first-order chi connectivity index (χ1) is 15.6. The van der Waals surface area contributed by atoms with Gasteiger partial charge in [-0.2, -0.15) is 0 Å². The molecule has 1 aliphatic carbocycles. The third kappa shape index (κ3) is 4.83. The van der Waals surface area contributed by atoms with Gasteiger partial charge in [0.05, 0.1) is 24.6 Å². The Labute approximate surface area is 191 Å². The van der Waals surface area contributed by atoms with Crippen LogP contribution >= 0.6 is 12.2 Å². The van der Waals surface area contributed by atoms with Gasteiger partial charge in [0.15, 0.2) is 4.77 Å². The number of ether oxygens (including phenoxy) is 1. The Morgan fingerprint density at radius 1 is 1.22 bits per heavy atom. The first kappa shape index (κ1) is 22.0. The maximum atomic E-state index is 13.1. The first-order valence-electron chi connectivity index (χ1n) is 10.9. The average Bonchev–Trinajstić information content (AvgIpc) is 2.82. The molecule has 0 unspecified atom stereocenters. The molecule has 166 valence electrons. The van der Waals surface area contributed by atoms with E-state index in [0.717, 1.165) is 24.8 Å². The van der Waals surface area contributed by atoms with Gasteiger partial charge in [0.1, 0.15) is 5.75 Å². The molecule has 32 heavy (non-hydrogen) atoms. The minimum atomic E-state index is -0.203. The number of benzene rings is 2. The lowest BCUT2D eigenvalue weighted by atomic mass is 9.97. The summed E-state index contributed by atoms with van der Waals surface area (Å²) in [6, 6.07) is 12.6. The van der Waals surface area contributed by atoms with E-state index in [2.05, 4.69) is 16.4 Å². The zero-order valence-electron chi connectivity index (χ0n) is 18.1. The van der Waals surface area contributed by atoms with Gasteiger partial charge in [-0.25, -0.2) is 0 Å². The molecule has 6 nitrogen and oxygen atoms in total. The van der Waals surface area contributed by atoms with Crippen molar-refractivity contribution in [2.75, 3.05) is 13.7 Å². The van der Waals surface area contributed by atoms with Crippen molar-refractivity contribution in [3.8, 4) is 5.75 Å². The minimum Gasteiger partial charge on any atom is -0.496 e. The summed E-state index contributed by atoms with van der Waals surface area (Å²) in [7, 11) is 1.60. The van der Waals surface area contributed by atoms with Crippen molar-refractivity contribution in [2.24, 2.45) is 0 Å². The Morgan fingerprint density at radius 2 is 2.06 bits per heavy atom. The number of H-pyrrole nitrogens is 1. The number of hydrogen-bond acceptors (Lipinski definition) is 4. The fourth-order valence-electron chi connectivity index (χ4n) is 4.11. The summed E-state index contributed by atoms with van der Waals surface area (Å²) in [4.78, 5) is 28.8. The van der Waals surface area contributed by atoms with Gasteiger partial charge in [-0.05, 0) is 68.6 Å². The fourth-order valence-corrected chi connectivity index (χ4v) is 4.37. The molecule has 0 bridgehead atoms.